The number of nitrogens with two attached hydrogens (primary N) is 1. The predicted molar refractivity (Wildman–Crippen MR) is 55.4 cm³/mol. The summed E-state index contributed by atoms with van der Waals surface area (Å²) >= 11 is 0. The summed E-state index contributed by atoms with van der Waals surface area (Å²) in [6, 6.07) is -0.405. The minimum absolute atomic E-state index is 0.117. The van der Waals surface area contributed by atoms with Gasteiger partial charge in [-0.3, -0.25) is 0 Å². The number of ether oxygens (including phenoxy) is 2. The van der Waals surface area contributed by atoms with Crippen molar-refractivity contribution in [2.45, 2.75) is 37.7 Å². The van der Waals surface area contributed by atoms with Gasteiger partial charge in [0.2, 0.25) is 0 Å². The van der Waals surface area contributed by atoms with Crippen LogP contribution in [-0.4, -0.2) is 54.9 Å². The van der Waals surface area contributed by atoms with E-state index < -0.39 is 12.1 Å². The highest BCUT2D eigenvalue weighted by molar-refractivity contribution is 4.93. The average molecular weight is 219 g/mol. The highest BCUT2D eigenvalue weighted by atomic mass is 16.5. The molecule has 0 radical (unpaired) electrons. The second-order valence-electron chi connectivity index (χ2n) is 3.99. The summed E-state index contributed by atoms with van der Waals surface area (Å²) in [4.78, 5) is 0. The van der Waals surface area contributed by atoms with E-state index in [0.717, 1.165) is 6.42 Å². The maximum atomic E-state index is 9.98. The van der Waals surface area contributed by atoms with Crippen LogP contribution in [0.5, 0.6) is 0 Å². The number of methoxy groups -OCH3 is 1. The predicted octanol–water partition coefficient (Wildman–Crippen LogP) is -0.893. The zero-order valence-electron chi connectivity index (χ0n) is 9.30. The van der Waals surface area contributed by atoms with Crippen molar-refractivity contribution in [1.82, 2.24) is 0 Å². The van der Waals surface area contributed by atoms with Crippen LogP contribution in [0.4, 0.5) is 0 Å². The van der Waals surface area contributed by atoms with E-state index in [1.165, 1.54) is 0 Å². The molecule has 1 aliphatic heterocycles. The Morgan fingerprint density at radius 3 is 2.53 bits per heavy atom. The molecule has 0 bridgehead atoms. The third-order valence-corrected chi connectivity index (χ3v) is 3.03. The van der Waals surface area contributed by atoms with Gasteiger partial charge >= 0.3 is 0 Å². The molecule has 0 amide bonds. The van der Waals surface area contributed by atoms with Crippen LogP contribution < -0.4 is 5.73 Å². The van der Waals surface area contributed by atoms with Crippen LogP contribution in [-0.2, 0) is 9.47 Å². The second kappa shape index (κ2) is 5.77. The van der Waals surface area contributed by atoms with E-state index >= 15 is 0 Å². The number of aliphatic hydroxyl groups excluding tert-OH is 2. The quantitative estimate of drug-likeness (QED) is 0.571. The summed E-state index contributed by atoms with van der Waals surface area (Å²) in [5.41, 5.74) is 5.86. The van der Waals surface area contributed by atoms with E-state index in [1.807, 2.05) is 6.92 Å². The molecule has 0 aromatic carbocycles. The third kappa shape index (κ3) is 2.68. The van der Waals surface area contributed by atoms with Crippen LogP contribution in [0.3, 0.4) is 0 Å². The Bertz CT molecular complexity index is 188. The molecule has 0 aliphatic carbocycles. The Labute approximate surface area is 90.2 Å². The van der Waals surface area contributed by atoms with Gasteiger partial charge in [0.15, 0.2) is 0 Å². The standard InChI is InChI=1S/C10H21NO4/c1-3-7-9(11)10(13)6(5-14-2)8(4-12)15-7/h6-10,12-13H,3-5,11H2,1-2H3. The van der Waals surface area contributed by atoms with Gasteiger partial charge in [0.05, 0.1) is 37.6 Å². The molecule has 1 aliphatic rings. The van der Waals surface area contributed by atoms with Gasteiger partial charge in [0.1, 0.15) is 0 Å². The molecule has 1 heterocycles. The summed E-state index contributed by atoms with van der Waals surface area (Å²) in [5, 5.41) is 19.1. The van der Waals surface area contributed by atoms with E-state index in [9.17, 15) is 10.2 Å². The summed E-state index contributed by atoms with van der Waals surface area (Å²) in [5.74, 6) is -0.252. The molecule has 5 nitrogen and oxygen atoms in total. The fourth-order valence-corrected chi connectivity index (χ4v) is 2.09. The first kappa shape index (κ1) is 12.9. The molecule has 0 saturated carbocycles. The molecule has 90 valence electrons. The Balaban J connectivity index is 2.70. The minimum atomic E-state index is -0.680. The van der Waals surface area contributed by atoms with Gasteiger partial charge in [-0.2, -0.15) is 0 Å². The monoisotopic (exact) mass is 219 g/mol. The molecule has 0 aromatic heterocycles. The molecule has 5 heteroatoms. The fraction of sp³-hybridized carbons (Fsp3) is 1.00. The van der Waals surface area contributed by atoms with E-state index in [2.05, 4.69) is 0 Å². The Morgan fingerprint density at radius 2 is 2.07 bits per heavy atom. The van der Waals surface area contributed by atoms with Gasteiger partial charge in [-0.1, -0.05) is 6.92 Å². The van der Waals surface area contributed by atoms with E-state index in [4.69, 9.17) is 15.2 Å². The number of hydrogen-bond acceptors (Lipinski definition) is 5. The molecular weight excluding hydrogens is 198 g/mol. The van der Waals surface area contributed by atoms with Crippen molar-refractivity contribution in [2.24, 2.45) is 11.7 Å². The van der Waals surface area contributed by atoms with Crippen LogP contribution in [0.1, 0.15) is 13.3 Å². The molecule has 1 saturated heterocycles. The first-order chi connectivity index (χ1) is 7.15. The first-order valence-electron chi connectivity index (χ1n) is 5.34. The summed E-state index contributed by atoms with van der Waals surface area (Å²) < 4.78 is 10.6. The number of aliphatic hydroxyl groups is 2. The maximum Gasteiger partial charge on any atom is 0.0885 e. The second-order valence-corrected chi connectivity index (χ2v) is 3.99. The van der Waals surface area contributed by atoms with Gasteiger partial charge in [-0.25, -0.2) is 0 Å². The maximum absolute atomic E-state index is 9.98. The van der Waals surface area contributed by atoms with Gasteiger partial charge < -0.3 is 25.4 Å². The lowest BCUT2D eigenvalue weighted by atomic mass is 9.85. The molecule has 1 fully saturated rings. The zero-order valence-corrected chi connectivity index (χ0v) is 9.30. The number of rotatable bonds is 4. The van der Waals surface area contributed by atoms with Gasteiger partial charge in [-0.15, -0.1) is 0 Å². The molecule has 15 heavy (non-hydrogen) atoms. The smallest absolute Gasteiger partial charge is 0.0885 e. The molecule has 1 rings (SSSR count). The average Bonchev–Trinajstić information content (AvgIpc) is 2.25. The van der Waals surface area contributed by atoms with Crippen molar-refractivity contribution >= 4 is 0 Å². The van der Waals surface area contributed by atoms with Crippen LogP contribution in [0.2, 0.25) is 0 Å². The minimum Gasteiger partial charge on any atom is -0.394 e. The lowest BCUT2D eigenvalue weighted by molar-refractivity contribution is -0.172. The van der Waals surface area contributed by atoms with E-state index in [1.54, 1.807) is 7.11 Å². The van der Waals surface area contributed by atoms with Crippen molar-refractivity contribution in [3.8, 4) is 0 Å². The van der Waals surface area contributed by atoms with Gasteiger partial charge in [-0.05, 0) is 6.42 Å². The van der Waals surface area contributed by atoms with Crippen LogP contribution in [0, 0.1) is 5.92 Å². The Kier molecular flexibility index (Phi) is 4.95. The molecule has 0 aromatic rings. The first-order valence-corrected chi connectivity index (χ1v) is 5.34. The van der Waals surface area contributed by atoms with E-state index in [-0.39, 0.29) is 24.7 Å². The lowest BCUT2D eigenvalue weighted by Gasteiger charge is -2.42. The fourth-order valence-electron chi connectivity index (χ4n) is 2.09. The van der Waals surface area contributed by atoms with Crippen molar-refractivity contribution in [1.29, 1.82) is 0 Å². The van der Waals surface area contributed by atoms with Crippen LogP contribution in [0.25, 0.3) is 0 Å². The van der Waals surface area contributed by atoms with Crippen LogP contribution in [0.15, 0.2) is 0 Å². The molecule has 4 N–H and O–H groups in total. The molecular formula is C10H21NO4. The van der Waals surface area contributed by atoms with Gasteiger partial charge in [0, 0.05) is 13.0 Å². The largest absolute Gasteiger partial charge is 0.394 e. The van der Waals surface area contributed by atoms with Gasteiger partial charge in [0.25, 0.3) is 0 Å². The number of hydrogen-bond donors (Lipinski definition) is 3. The molecule has 5 atom stereocenters. The normalized spacial score (nSPS) is 41.8. The lowest BCUT2D eigenvalue weighted by Crippen LogP contribution is -2.60. The van der Waals surface area contributed by atoms with E-state index in [0.29, 0.717) is 6.61 Å². The van der Waals surface area contributed by atoms with Crippen molar-refractivity contribution < 1.29 is 19.7 Å². The Morgan fingerprint density at radius 1 is 1.40 bits per heavy atom. The summed E-state index contributed by atoms with van der Waals surface area (Å²) in [6.07, 6.45) is -0.523. The molecule has 5 unspecified atom stereocenters. The molecule has 0 spiro atoms. The van der Waals surface area contributed by atoms with Crippen molar-refractivity contribution in [3.63, 3.8) is 0 Å². The highest BCUT2D eigenvalue weighted by Gasteiger charge is 2.42. The van der Waals surface area contributed by atoms with Crippen molar-refractivity contribution in [2.75, 3.05) is 20.3 Å². The topological polar surface area (TPSA) is 84.9 Å². The summed E-state index contributed by atoms with van der Waals surface area (Å²) in [7, 11) is 1.55. The SMILES string of the molecule is CCC1OC(CO)C(COC)C(O)C1N. The highest BCUT2D eigenvalue weighted by Crippen LogP contribution is 2.26. The van der Waals surface area contributed by atoms with Crippen molar-refractivity contribution in [3.05, 3.63) is 0 Å². The summed E-state index contributed by atoms with van der Waals surface area (Å²) in [6.45, 7) is 2.17. The zero-order chi connectivity index (χ0) is 11.4. The third-order valence-electron chi connectivity index (χ3n) is 3.03. The Hall–Kier alpha value is -0.200. The van der Waals surface area contributed by atoms with Crippen LogP contribution >= 0.6 is 0 Å².